The van der Waals surface area contributed by atoms with Crippen molar-refractivity contribution < 1.29 is 4.84 Å². The number of aliphatic imine (C=N–C) groups is 1. The van der Waals surface area contributed by atoms with Crippen molar-refractivity contribution in [3.05, 3.63) is 11.9 Å². The Kier molecular flexibility index (Phi) is 2.96. The topological polar surface area (TPSA) is 33.6 Å². The Bertz CT molecular complexity index is 152. The van der Waals surface area contributed by atoms with Crippen molar-refractivity contribution in [1.82, 2.24) is 5.48 Å². The van der Waals surface area contributed by atoms with Gasteiger partial charge in [0.2, 0.25) is 0 Å². The van der Waals surface area contributed by atoms with Gasteiger partial charge >= 0.3 is 0 Å². The molecule has 0 aliphatic carbocycles. The minimum absolute atomic E-state index is 0.682. The Morgan fingerprint density at radius 1 is 1.80 bits per heavy atom. The Labute approximate surface area is 60.7 Å². The summed E-state index contributed by atoms with van der Waals surface area (Å²) in [5.41, 5.74) is 3.88. The molecule has 0 radical (unpaired) electrons. The minimum Gasteiger partial charge on any atom is -0.277 e. The van der Waals surface area contributed by atoms with Gasteiger partial charge in [0.1, 0.15) is 0 Å². The lowest BCUT2D eigenvalue weighted by Gasteiger charge is -2.09. The van der Waals surface area contributed by atoms with E-state index < -0.39 is 0 Å². The van der Waals surface area contributed by atoms with Crippen LogP contribution in [0.25, 0.3) is 0 Å². The lowest BCUT2D eigenvalue weighted by molar-refractivity contribution is 0.0710. The highest BCUT2D eigenvalue weighted by molar-refractivity contribution is 5.59. The highest BCUT2D eigenvalue weighted by Crippen LogP contribution is 2.04. The van der Waals surface area contributed by atoms with E-state index in [0.29, 0.717) is 6.61 Å². The van der Waals surface area contributed by atoms with Crippen LogP contribution in [0.5, 0.6) is 0 Å². The molecule has 0 aromatic carbocycles. The third-order valence-electron chi connectivity index (χ3n) is 1.23. The van der Waals surface area contributed by atoms with E-state index in [1.165, 1.54) is 0 Å². The Hall–Kier alpha value is -0.830. The average molecular weight is 140 g/mol. The first-order valence-corrected chi connectivity index (χ1v) is 3.52. The van der Waals surface area contributed by atoms with E-state index in [4.69, 9.17) is 4.84 Å². The molecule has 3 heteroatoms. The summed E-state index contributed by atoms with van der Waals surface area (Å²) in [6.07, 6.45) is 5.70. The lowest BCUT2D eigenvalue weighted by atomic mass is 10.2. The maximum atomic E-state index is 4.98. The van der Waals surface area contributed by atoms with E-state index >= 15 is 0 Å². The maximum Gasteiger partial charge on any atom is 0.0717 e. The zero-order chi connectivity index (χ0) is 7.23. The number of nitrogens with zero attached hydrogens (tertiary/aromatic N) is 1. The normalized spacial score (nSPS) is 16.7. The maximum absolute atomic E-state index is 4.98. The number of hydrogen-bond acceptors (Lipinski definition) is 3. The predicted molar refractivity (Wildman–Crippen MR) is 40.6 cm³/mol. The highest BCUT2D eigenvalue weighted by atomic mass is 16.6. The van der Waals surface area contributed by atoms with E-state index in [2.05, 4.69) is 10.5 Å². The minimum atomic E-state index is 0.682. The van der Waals surface area contributed by atoms with Crippen LogP contribution in [0.3, 0.4) is 0 Å². The van der Waals surface area contributed by atoms with Crippen molar-refractivity contribution in [1.29, 1.82) is 0 Å². The molecular weight excluding hydrogens is 128 g/mol. The molecule has 1 aliphatic heterocycles. The lowest BCUT2D eigenvalue weighted by Crippen LogP contribution is -2.14. The summed E-state index contributed by atoms with van der Waals surface area (Å²) in [5.74, 6) is 0. The van der Waals surface area contributed by atoms with Crippen LogP contribution in [-0.2, 0) is 4.84 Å². The summed E-state index contributed by atoms with van der Waals surface area (Å²) in [7, 11) is 0. The molecular formula is C7H12N2O. The SMILES string of the molecule is CCONC1=CN=CCC1. The molecule has 1 heterocycles. The van der Waals surface area contributed by atoms with Gasteiger partial charge in [-0.25, -0.2) is 0 Å². The molecule has 0 unspecified atom stereocenters. The Balaban J connectivity index is 2.25. The zero-order valence-corrected chi connectivity index (χ0v) is 6.13. The van der Waals surface area contributed by atoms with Crippen LogP contribution in [-0.4, -0.2) is 12.8 Å². The molecule has 0 spiro atoms. The van der Waals surface area contributed by atoms with Crippen LogP contribution >= 0.6 is 0 Å². The number of allylic oxidation sites excluding steroid dienone is 1. The van der Waals surface area contributed by atoms with Crippen LogP contribution in [0.4, 0.5) is 0 Å². The number of rotatable bonds is 3. The van der Waals surface area contributed by atoms with Crippen LogP contribution in [0, 0.1) is 0 Å². The molecule has 0 bridgehead atoms. The van der Waals surface area contributed by atoms with Crippen LogP contribution < -0.4 is 5.48 Å². The van der Waals surface area contributed by atoms with Crippen molar-refractivity contribution in [3.63, 3.8) is 0 Å². The van der Waals surface area contributed by atoms with E-state index in [9.17, 15) is 0 Å². The van der Waals surface area contributed by atoms with Crippen molar-refractivity contribution in [3.8, 4) is 0 Å². The summed E-state index contributed by atoms with van der Waals surface area (Å²) < 4.78 is 0. The second-order valence-corrected chi connectivity index (χ2v) is 2.06. The molecule has 1 aliphatic rings. The molecule has 1 rings (SSSR count). The predicted octanol–water partition coefficient (Wildman–Crippen LogP) is 1.23. The largest absolute Gasteiger partial charge is 0.277 e. The van der Waals surface area contributed by atoms with Crippen molar-refractivity contribution >= 4 is 6.21 Å². The molecule has 0 amide bonds. The smallest absolute Gasteiger partial charge is 0.0717 e. The number of hydrogen-bond donors (Lipinski definition) is 1. The van der Waals surface area contributed by atoms with Gasteiger partial charge < -0.3 is 0 Å². The molecule has 0 saturated heterocycles. The second-order valence-electron chi connectivity index (χ2n) is 2.06. The van der Waals surface area contributed by atoms with Crippen LogP contribution in [0.1, 0.15) is 19.8 Å². The van der Waals surface area contributed by atoms with E-state index in [-0.39, 0.29) is 0 Å². The second kappa shape index (κ2) is 4.06. The van der Waals surface area contributed by atoms with Gasteiger partial charge in [-0.1, -0.05) is 0 Å². The quantitative estimate of drug-likeness (QED) is 0.598. The van der Waals surface area contributed by atoms with Crippen LogP contribution in [0.2, 0.25) is 0 Å². The van der Waals surface area contributed by atoms with Gasteiger partial charge in [-0.15, -0.1) is 0 Å². The fourth-order valence-corrected chi connectivity index (χ4v) is 0.744. The molecule has 1 N–H and O–H groups in total. The van der Waals surface area contributed by atoms with Crippen molar-refractivity contribution in [2.45, 2.75) is 19.8 Å². The third-order valence-corrected chi connectivity index (χ3v) is 1.23. The molecule has 56 valence electrons. The molecule has 0 atom stereocenters. The number of hydroxylamine groups is 1. The summed E-state index contributed by atoms with van der Waals surface area (Å²) in [5, 5.41) is 0. The van der Waals surface area contributed by atoms with Gasteiger partial charge in [0.15, 0.2) is 0 Å². The fourth-order valence-electron chi connectivity index (χ4n) is 0.744. The molecule has 0 aromatic rings. The van der Waals surface area contributed by atoms with Gasteiger partial charge in [-0.3, -0.25) is 15.3 Å². The average Bonchev–Trinajstić information content (AvgIpc) is 2.03. The van der Waals surface area contributed by atoms with Gasteiger partial charge in [-0.05, 0) is 19.8 Å². The third kappa shape index (κ3) is 2.19. The summed E-state index contributed by atoms with van der Waals surface area (Å²) in [4.78, 5) is 8.96. The van der Waals surface area contributed by atoms with E-state index in [1.807, 2.05) is 13.1 Å². The zero-order valence-electron chi connectivity index (χ0n) is 6.13. The van der Waals surface area contributed by atoms with Gasteiger partial charge in [0, 0.05) is 12.4 Å². The first-order chi connectivity index (χ1) is 4.93. The van der Waals surface area contributed by atoms with Gasteiger partial charge in [0.25, 0.3) is 0 Å². The monoisotopic (exact) mass is 140 g/mol. The summed E-state index contributed by atoms with van der Waals surface area (Å²) in [6.45, 7) is 2.63. The van der Waals surface area contributed by atoms with E-state index in [1.54, 1.807) is 6.20 Å². The first-order valence-electron chi connectivity index (χ1n) is 3.52. The molecule has 0 saturated carbocycles. The highest BCUT2D eigenvalue weighted by Gasteiger charge is 1.97. The Morgan fingerprint density at radius 2 is 2.70 bits per heavy atom. The van der Waals surface area contributed by atoms with Crippen molar-refractivity contribution in [2.24, 2.45) is 4.99 Å². The molecule has 3 nitrogen and oxygen atoms in total. The standard InChI is InChI=1S/C7H12N2O/c1-2-10-9-7-4-3-5-8-6-7/h5-6,9H,2-4H2,1H3. The van der Waals surface area contributed by atoms with Crippen molar-refractivity contribution in [2.75, 3.05) is 6.61 Å². The fraction of sp³-hybridized carbons (Fsp3) is 0.571. The number of nitrogens with one attached hydrogen (secondary N) is 1. The summed E-state index contributed by atoms with van der Waals surface area (Å²) in [6, 6.07) is 0. The van der Waals surface area contributed by atoms with E-state index in [0.717, 1.165) is 18.5 Å². The first kappa shape index (κ1) is 7.28. The van der Waals surface area contributed by atoms with Gasteiger partial charge in [0.05, 0.1) is 12.3 Å². The molecule has 0 aromatic heterocycles. The van der Waals surface area contributed by atoms with Crippen LogP contribution in [0.15, 0.2) is 16.9 Å². The molecule has 10 heavy (non-hydrogen) atoms. The Morgan fingerprint density at radius 3 is 3.30 bits per heavy atom. The molecule has 0 fully saturated rings. The summed E-state index contributed by atoms with van der Waals surface area (Å²) >= 11 is 0. The van der Waals surface area contributed by atoms with Gasteiger partial charge in [-0.2, -0.15) is 0 Å².